The van der Waals surface area contributed by atoms with Gasteiger partial charge < -0.3 is 9.88 Å². The van der Waals surface area contributed by atoms with Gasteiger partial charge in [-0.05, 0) is 80.4 Å². The van der Waals surface area contributed by atoms with Crippen LogP contribution in [0.25, 0.3) is 11.8 Å². The summed E-state index contributed by atoms with van der Waals surface area (Å²) >= 11 is 1.38. The Hall–Kier alpha value is -3.05. The first-order valence-electron chi connectivity index (χ1n) is 9.54. The van der Waals surface area contributed by atoms with Crippen molar-refractivity contribution in [3.63, 3.8) is 0 Å². The van der Waals surface area contributed by atoms with Crippen molar-refractivity contribution in [3.05, 3.63) is 87.6 Å². The highest BCUT2D eigenvalue weighted by Crippen LogP contribution is 2.31. The van der Waals surface area contributed by atoms with Crippen LogP contribution >= 0.6 is 11.8 Å². The molecule has 1 fully saturated rings. The number of benzene rings is 2. The number of nitrogens with zero attached hydrogens (tertiary/aromatic N) is 2. The van der Waals surface area contributed by atoms with E-state index in [0.29, 0.717) is 10.1 Å². The van der Waals surface area contributed by atoms with Gasteiger partial charge in [-0.1, -0.05) is 36.4 Å². The third-order valence-corrected chi connectivity index (χ3v) is 5.97. The van der Waals surface area contributed by atoms with Crippen LogP contribution in [0.1, 0.15) is 28.1 Å². The first-order valence-corrected chi connectivity index (χ1v) is 10.4. The van der Waals surface area contributed by atoms with Gasteiger partial charge in [0.1, 0.15) is 0 Å². The van der Waals surface area contributed by atoms with Crippen molar-refractivity contribution < 1.29 is 4.79 Å². The lowest BCUT2D eigenvalue weighted by molar-refractivity contribution is -0.115. The van der Waals surface area contributed by atoms with E-state index in [-0.39, 0.29) is 5.91 Å². The Morgan fingerprint density at radius 3 is 2.34 bits per heavy atom. The SMILES string of the molecule is Cc1cccc(C)c1-n1c(C)cc(C=C2SC(=Nc3ccccc3)NC2=O)c1C. The maximum atomic E-state index is 12.5. The normalized spacial score (nSPS) is 16.6. The number of nitrogens with one attached hydrogen (secondary N) is 1. The number of hydrogen-bond acceptors (Lipinski definition) is 3. The summed E-state index contributed by atoms with van der Waals surface area (Å²) in [4.78, 5) is 17.6. The van der Waals surface area contributed by atoms with E-state index in [0.717, 1.165) is 22.6 Å². The molecule has 2 heterocycles. The molecule has 2 aromatic carbocycles. The monoisotopic (exact) mass is 401 g/mol. The van der Waals surface area contributed by atoms with E-state index in [1.807, 2.05) is 36.4 Å². The Bertz CT molecular complexity index is 1140. The molecule has 0 atom stereocenters. The molecule has 0 saturated carbocycles. The molecule has 0 bridgehead atoms. The molecule has 0 unspecified atom stereocenters. The fraction of sp³-hybridized carbons (Fsp3) is 0.167. The minimum absolute atomic E-state index is 0.110. The zero-order chi connectivity index (χ0) is 20.5. The number of thioether (sulfide) groups is 1. The van der Waals surface area contributed by atoms with E-state index in [1.54, 1.807) is 0 Å². The third-order valence-electron chi connectivity index (χ3n) is 5.06. The molecule has 0 aliphatic carbocycles. The summed E-state index contributed by atoms with van der Waals surface area (Å²) in [5.74, 6) is -0.110. The molecule has 4 nitrogen and oxygen atoms in total. The first-order chi connectivity index (χ1) is 13.9. The molecule has 29 heavy (non-hydrogen) atoms. The molecular formula is C24H23N3OS. The van der Waals surface area contributed by atoms with Gasteiger partial charge in [0.05, 0.1) is 16.3 Å². The lowest BCUT2D eigenvalue weighted by atomic mass is 10.1. The second-order valence-corrected chi connectivity index (χ2v) is 8.25. The minimum Gasteiger partial charge on any atom is -0.317 e. The van der Waals surface area contributed by atoms with Crippen molar-refractivity contribution in [2.75, 3.05) is 0 Å². The van der Waals surface area contributed by atoms with Crippen molar-refractivity contribution in [2.45, 2.75) is 27.7 Å². The van der Waals surface area contributed by atoms with Gasteiger partial charge in [0.2, 0.25) is 0 Å². The van der Waals surface area contributed by atoms with Gasteiger partial charge in [-0.2, -0.15) is 0 Å². The Balaban J connectivity index is 1.69. The van der Waals surface area contributed by atoms with Crippen molar-refractivity contribution in [1.29, 1.82) is 0 Å². The highest BCUT2D eigenvalue weighted by molar-refractivity contribution is 8.18. The molecule has 1 aromatic heterocycles. The van der Waals surface area contributed by atoms with Gasteiger partial charge in [-0.15, -0.1) is 0 Å². The molecule has 1 aliphatic rings. The van der Waals surface area contributed by atoms with E-state index in [1.165, 1.54) is 28.6 Å². The van der Waals surface area contributed by atoms with Crippen LogP contribution in [0.2, 0.25) is 0 Å². The van der Waals surface area contributed by atoms with Gasteiger partial charge in [0.15, 0.2) is 5.17 Å². The summed E-state index contributed by atoms with van der Waals surface area (Å²) in [5, 5.41) is 3.47. The first kappa shape index (κ1) is 19.3. The number of para-hydroxylation sites is 2. The largest absolute Gasteiger partial charge is 0.317 e. The van der Waals surface area contributed by atoms with Crippen LogP contribution < -0.4 is 5.32 Å². The lowest BCUT2D eigenvalue weighted by Gasteiger charge is -2.15. The number of amides is 1. The average molecular weight is 402 g/mol. The number of carbonyl (C=O) groups is 1. The number of rotatable bonds is 3. The highest BCUT2D eigenvalue weighted by Gasteiger charge is 2.24. The standard InChI is InChI=1S/C24H23N3OS/c1-15-9-8-10-16(2)22(15)27-17(3)13-19(18(27)4)14-21-23(28)26-24(29-21)25-20-11-6-5-7-12-20/h5-14H,1-4H3,(H,25,26,28). The van der Waals surface area contributed by atoms with E-state index in [2.05, 4.69) is 66.8 Å². The number of aromatic nitrogens is 1. The smallest absolute Gasteiger partial charge is 0.264 e. The summed E-state index contributed by atoms with van der Waals surface area (Å²) in [6.45, 7) is 8.46. The van der Waals surface area contributed by atoms with Gasteiger partial charge >= 0.3 is 0 Å². The summed E-state index contributed by atoms with van der Waals surface area (Å²) in [6.07, 6.45) is 1.96. The van der Waals surface area contributed by atoms with Crippen LogP contribution in [-0.4, -0.2) is 15.6 Å². The van der Waals surface area contributed by atoms with Crippen molar-refractivity contribution in [1.82, 2.24) is 9.88 Å². The molecule has 0 spiro atoms. The maximum Gasteiger partial charge on any atom is 0.264 e. The number of amidine groups is 1. The van der Waals surface area contributed by atoms with Gasteiger partial charge in [-0.3, -0.25) is 4.79 Å². The van der Waals surface area contributed by atoms with Crippen LogP contribution in [0.3, 0.4) is 0 Å². The molecule has 4 rings (SSSR count). The minimum atomic E-state index is -0.110. The van der Waals surface area contributed by atoms with E-state index in [4.69, 9.17) is 0 Å². The number of carbonyl (C=O) groups excluding carboxylic acids is 1. The van der Waals surface area contributed by atoms with Crippen molar-refractivity contribution in [3.8, 4) is 5.69 Å². The van der Waals surface area contributed by atoms with Crippen molar-refractivity contribution in [2.24, 2.45) is 4.99 Å². The van der Waals surface area contributed by atoms with Crippen LogP contribution in [0.4, 0.5) is 5.69 Å². The molecule has 1 amide bonds. The van der Waals surface area contributed by atoms with Crippen LogP contribution in [0.5, 0.6) is 0 Å². The predicted octanol–water partition coefficient (Wildman–Crippen LogP) is 5.60. The fourth-order valence-electron chi connectivity index (χ4n) is 3.68. The number of hydrogen-bond donors (Lipinski definition) is 1. The molecule has 1 aliphatic heterocycles. The molecule has 3 aromatic rings. The number of aliphatic imine (C=N–C) groups is 1. The molecule has 5 heteroatoms. The summed E-state index contributed by atoms with van der Waals surface area (Å²) in [7, 11) is 0. The topological polar surface area (TPSA) is 46.4 Å². The summed E-state index contributed by atoms with van der Waals surface area (Å²) < 4.78 is 2.27. The second-order valence-electron chi connectivity index (χ2n) is 7.22. The molecule has 1 saturated heterocycles. The van der Waals surface area contributed by atoms with E-state index >= 15 is 0 Å². The van der Waals surface area contributed by atoms with Crippen LogP contribution in [0.15, 0.2) is 64.5 Å². The van der Waals surface area contributed by atoms with E-state index in [9.17, 15) is 4.79 Å². The molecular weight excluding hydrogens is 378 g/mol. The summed E-state index contributed by atoms with van der Waals surface area (Å²) in [6, 6.07) is 18.1. The Morgan fingerprint density at radius 2 is 1.66 bits per heavy atom. The zero-order valence-corrected chi connectivity index (χ0v) is 17.8. The second kappa shape index (κ2) is 7.76. The number of aryl methyl sites for hydroxylation is 3. The Morgan fingerprint density at radius 1 is 0.966 bits per heavy atom. The Labute approximate surface area is 175 Å². The van der Waals surface area contributed by atoms with Crippen LogP contribution in [-0.2, 0) is 4.79 Å². The van der Waals surface area contributed by atoms with Gasteiger partial charge in [0, 0.05) is 11.4 Å². The van der Waals surface area contributed by atoms with Crippen LogP contribution in [0, 0.1) is 27.7 Å². The predicted molar refractivity (Wildman–Crippen MR) is 122 cm³/mol. The van der Waals surface area contributed by atoms with E-state index < -0.39 is 0 Å². The maximum absolute atomic E-state index is 12.5. The quantitative estimate of drug-likeness (QED) is 0.581. The Kier molecular flexibility index (Phi) is 5.16. The molecule has 1 N–H and O–H groups in total. The highest BCUT2D eigenvalue weighted by atomic mass is 32.2. The third kappa shape index (κ3) is 3.78. The van der Waals surface area contributed by atoms with Gasteiger partial charge in [-0.25, -0.2) is 4.99 Å². The zero-order valence-electron chi connectivity index (χ0n) is 17.0. The summed E-state index contributed by atoms with van der Waals surface area (Å²) in [5.41, 5.74) is 7.81. The molecule has 0 radical (unpaired) electrons. The molecule has 146 valence electrons. The van der Waals surface area contributed by atoms with Crippen molar-refractivity contribution >= 4 is 34.6 Å². The van der Waals surface area contributed by atoms with Gasteiger partial charge in [0.25, 0.3) is 5.91 Å². The fourth-order valence-corrected chi connectivity index (χ4v) is 4.51. The average Bonchev–Trinajstić information content (AvgIpc) is 3.16. The lowest BCUT2D eigenvalue weighted by Crippen LogP contribution is -2.19.